The van der Waals surface area contributed by atoms with Gasteiger partial charge >= 0.3 is 0 Å². The Labute approximate surface area is 253 Å². The third-order valence-electron chi connectivity index (χ3n) is 8.40. The fourth-order valence-electron chi connectivity index (χ4n) is 6.16. The van der Waals surface area contributed by atoms with E-state index in [0.717, 1.165) is 34.5 Å². The Hall–Kier alpha value is -4.62. The number of carbonyl (C=O) groups is 5. The highest BCUT2D eigenvalue weighted by molar-refractivity contribution is 6.25. The Balaban J connectivity index is 0.934. The number of amides is 5. The van der Waals surface area contributed by atoms with Crippen LogP contribution < -0.4 is 16.0 Å². The molecule has 4 N–H and O–H groups in total. The zero-order valence-electron chi connectivity index (χ0n) is 24.5. The number of carbonyl (C=O) groups excluding carboxylic acids is 5. The van der Waals surface area contributed by atoms with Crippen LogP contribution >= 0.6 is 0 Å². The van der Waals surface area contributed by atoms with Crippen LogP contribution in [0, 0.1) is 0 Å². The number of rotatable bonds is 11. The van der Waals surface area contributed by atoms with Crippen molar-refractivity contribution in [2.75, 3.05) is 44.0 Å². The van der Waals surface area contributed by atoms with Crippen molar-refractivity contribution in [1.82, 2.24) is 25.1 Å². The van der Waals surface area contributed by atoms with Crippen molar-refractivity contribution in [1.29, 1.82) is 0 Å². The van der Waals surface area contributed by atoms with Gasteiger partial charge in [-0.25, -0.2) is 4.98 Å². The molecule has 0 aliphatic carbocycles. The number of unbranched alkanes of at least 4 members (excludes halogenated alkanes) is 1. The van der Waals surface area contributed by atoms with E-state index in [-0.39, 0.29) is 36.5 Å². The first-order chi connectivity index (χ1) is 21.3. The number of nitrogens with zero attached hydrogens (tertiary/aromatic N) is 3. The highest BCUT2D eigenvalue weighted by Gasteiger charge is 2.45. The van der Waals surface area contributed by atoms with Crippen LogP contribution in [0.1, 0.15) is 71.0 Å². The molecule has 2 aromatic heterocycles. The normalized spacial score (nSPS) is 20.3. The smallest absolute Gasteiger partial charge is 0.264 e. The number of nitrogens with one attached hydrogen (secondary N) is 4. The second-order valence-corrected chi connectivity index (χ2v) is 11.4. The van der Waals surface area contributed by atoms with Gasteiger partial charge in [-0.15, -0.1) is 0 Å². The van der Waals surface area contributed by atoms with Gasteiger partial charge in [0.1, 0.15) is 18.5 Å². The van der Waals surface area contributed by atoms with Gasteiger partial charge in [0.05, 0.1) is 16.6 Å². The molecule has 2 atom stereocenters. The maximum absolute atomic E-state index is 13.2. The number of fused-ring (bicyclic) bond motifs is 2. The minimum absolute atomic E-state index is 0.0675. The molecular formula is C31H35N7O6. The van der Waals surface area contributed by atoms with E-state index < -0.39 is 29.7 Å². The molecule has 1 unspecified atom stereocenters. The molecule has 13 nitrogen and oxygen atoms in total. The number of piperidine rings is 1. The topological polar surface area (TPSA) is 166 Å². The zero-order chi connectivity index (χ0) is 30.8. The molecule has 0 saturated carbocycles. The highest BCUT2D eigenvalue weighted by Crippen LogP contribution is 2.33. The van der Waals surface area contributed by atoms with Gasteiger partial charge in [0.2, 0.25) is 11.8 Å². The van der Waals surface area contributed by atoms with E-state index in [1.54, 1.807) is 24.4 Å². The number of hydrogen-bond donors (Lipinski definition) is 4. The average Bonchev–Trinajstić information content (AvgIpc) is 3.68. The van der Waals surface area contributed by atoms with Crippen molar-refractivity contribution >= 4 is 51.9 Å². The summed E-state index contributed by atoms with van der Waals surface area (Å²) in [7, 11) is 2.13. The number of imide groups is 2. The molecule has 230 valence electrons. The lowest BCUT2D eigenvalue weighted by atomic mass is 10.0. The van der Waals surface area contributed by atoms with Gasteiger partial charge in [0, 0.05) is 54.6 Å². The van der Waals surface area contributed by atoms with Crippen LogP contribution in [0.4, 0.5) is 11.5 Å². The van der Waals surface area contributed by atoms with Gasteiger partial charge in [0.15, 0.2) is 0 Å². The van der Waals surface area contributed by atoms with Gasteiger partial charge in [-0.3, -0.25) is 39.1 Å². The quantitative estimate of drug-likeness (QED) is 0.191. The van der Waals surface area contributed by atoms with Crippen molar-refractivity contribution in [3.8, 4) is 0 Å². The number of H-pyrrole nitrogens is 1. The van der Waals surface area contributed by atoms with Crippen LogP contribution in [0.2, 0.25) is 0 Å². The Morgan fingerprint density at radius 2 is 1.95 bits per heavy atom. The largest absolute Gasteiger partial charge is 0.384 e. The Bertz CT molecular complexity index is 1630. The maximum Gasteiger partial charge on any atom is 0.264 e. The molecule has 5 heterocycles. The molecule has 44 heavy (non-hydrogen) atoms. The molecule has 1 aromatic carbocycles. The predicted octanol–water partition coefficient (Wildman–Crippen LogP) is 2.58. The molecule has 3 aliphatic heterocycles. The summed E-state index contributed by atoms with van der Waals surface area (Å²) in [6.45, 7) is 1.85. The number of aromatic amines is 1. The van der Waals surface area contributed by atoms with E-state index in [9.17, 15) is 24.0 Å². The summed E-state index contributed by atoms with van der Waals surface area (Å²) in [5.41, 5.74) is 3.05. The molecule has 3 aliphatic rings. The number of benzene rings is 1. The lowest BCUT2D eigenvalue weighted by Crippen LogP contribution is -2.54. The lowest BCUT2D eigenvalue weighted by molar-refractivity contribution is -0.136. The minimum Gasteiger partial charge on any atom is -0.384 e. The van der Waals surface area contributed by atoms with Crippen molar-refractivity contribution in [3.63, 3.8) is 0 Å². The van der Waals surface area contributed by atoms with E-state index in [2.05, 4.69) is 43.9 Å². The predicted molar refractivity (Wildman–Crippen MR) is 161 cm³/mol. The zero-order valence-corrected chi connectivity index (χ0v) is 24.5. The molecule has 3 aromatic rings. The summed E-state index contributed by atoms with van der Waals surface area (Å²) in [4.78, 5) is 73.5. The second-order valence-electron chi connectivity index (χ2n) is 11.4. The molecule has 6 rings (SSSR count). The minimum atomic E-state index is -1.01. The first-order valence-corrected chi connectivity index (χ1v) is 14.9. The van der Waals surface area contributed by atoms with Crippen LogP contribution in [0.25, 0.3) is 10.9 Å². The molecule has 13 heteroatoms. The molecule has 0 bridgehead atoms. The number of pyridine rings is 1. The average molecular weight is 602 g/mol. The molecule has 0 spiro atoms. The second kappa shape index (κ2) is 12.5. The van der Waals surface area contributed by atoms with Crippen molar-refractivity contribution < 1.29 is 28.7 Å². The maximum atomic E-state index is 13.2. The van der Waals surface area contributed by atoms with Crippen LogP contribution in [-0.4, -0.2) is 88.7 Å². The fourth-order valence-corrected chi connectivity index (χ4v) is 6.16. The van der Waals surface area contributed by atoms with Gasteiger partial charge in [-0.2, -0.15) is 0 Å². The fraction of sp³-hybridized carbons (Fsp3) is 0.419. The third-order valence-corrected chi connectivity index (χ3v) is 8.40. The van der Waals surface area contributed by atoms with Crippen molar-refractivity contribution in [2.24, 2.45) is 0 Å². The van der Waals surface area contributed by atoms with Gasteiger partial charge in [-0.05, 0) is 63.9 Å². The van der Waals surface area contributed by atoms with Crippen LogP contribution in [0.15, 0.2) is 36.5 Å². The number of ether oxygens (including phenoxy) is 1. The summed E-state index contributed by atoms with van der Waals surface area (Å²) in [5.74, 6) is -1.98. The van der Waals surface area contributed by atoms with Crippen LogP contribution in [0.3, 0.4) is 0 Å². The lowest BCUT2D eigenvalue weighted by Gasteiger charge is -2.27. The van der Waals surface area contributed by atoms with E-state index in [1.807, 2.05) is 6.07 Å². The van der Waals surface area contributed by atoms with E-state index >= 15 is 0 Å². The van der Waals surface area contributed by atoms with Crippen LogP contribution in [-0.2, 0) is 19.1 Å². The van der Waals surface area contributed by atoms with Crippen LogP contribution in [0.5, 0.6) is 0 Å². The Morgan fingerprint density at radius 1 is 1.09 bits per heavy atom. The van der Waals surface area contributed by atoms with Gasteiger partial charge < -0.3 is 20.4 Å². The SMILES string of the molecule is CN1CCC[C@@H]1c1cc2cnc(NC(=O)COCCCCNc3cccc4c3C(=O)N(C3CCC(=O)NC3=O)C4=O)cc2[nH]1. The van der Waals surface area contributed by atoms with Crippen molar-refractivity contribution in [3.05, 3.63) is 53.3 Å². The number of likely N-dealkylation sites (tertiary alicyclic amines) is 1. The summed E-state index contributed by atoms with van der Waals surface area (Å²) in [5, 5.41) is 9.20. The summed E-state index contributed by atoms with van der Waals surface area (Å²) in [6, 6.07) is 8.27. The first kappa shape index (κ1) is 29.5. The first-order valence-electron chi connectivity index (χ1n) is 14.9. The Kier molecular flexibility index (Phi) is 8.40. The number of anilines is 2. The van der Waals surface area contributed by atoms with E-state index in [0.29, 0.717) is 43.5 Å². The molecule has 2 saturated heterocycles. The molecule has 5 amide bonds. The van der Waals surface area contributed by atoms with Crippen molar-refractivity contribution in [2.45, 2.75) is 50.6 Å². The third kappa shape index (κ3) is 5.92. The van der Waals surface area contributed by atoms with E-state index in [1.165, 1.54) is 6.42 Å². The van der Waals surface area contributed by atoms with E-state index in [4.69, 9.17) is 4.74 Å². The standard InChI is InChI=1S/C31H35N7O6/c1-37-12-5-8-23(37)22-14-18-16-33-25(15-21(18)34-22)35-27(40)17-44-13-3-2-11-32-20-7-4-6-19-28(20)31(43)38(30(19)42)24-9-10-26(39)36-29(24)41/h4,6-7,14-16,23-24,32,34H,2-3,5,8-13,17H2,1H3,(H,33,35,40)(H,36,39,41)/t23-,24?/m1/s1. The molecule has 0 radical (unpaired) electrons. The van der Waals surface area contributed by atoms with Gasteiger partial charge in [0.25, 0.3) is 17.7 Å². The summed E-state index contributed by atoms with van der Waals surface area (Å²) >= 11 is 0. The summed E-state index contributed by atoms with van der Waals surface area (Å²) in [6.07, 6.45) is 5.58. The monoisotopic (exact) mass is 601 g/mol. The summed E-state index contributed by atoms with van der Waals surface area (Å²) < 4.78 is 5.55. The van der Waals surface area contributed by atoms with Gasteiger partial charge in [-0.1, -0.05) is 6.07 Å². The molecular weight excluding hydrogens is 566 g/mol. The highest BCUT2D eigenvalue weighted by atomic mass is 16.5. The Morgan fingerprint density at radius 3 is 2.75 bits per heavy atom. The number of hydrogen-bond acceptors (Lipinski definition) is 9. The molecule has 2 fully saturated rings. The number of aromatic nitrogens is 2.